The highest BCUT2D eigenvalue weighted by atomic mass is 79.9. The Bertz CT molecular complexity index is 573. The summed E-state index contributed by atoms with van der Waals surface area (Å²) in [6.07, 6.45) is 0. The molecular weight excluding hydrogens is 304 g/mol. The Kier molecular flexibility index (Phi) is 3.57. The van der Waals surface area contributed by atoms with Gasteiger partial charge >= 0.3 is 0 Å². The van der Waals surface area contributed by atoms with Gasteiger partial charge in [0.1, 0.15) is 0 Å². The molecule has 0 saturated carbocycles. The number of benzene rings is 1. The van der Waals surface area contributed by atoms with Gasteiger partial charge in [0.15, 0.2) is 0 Å². The predicted octanol–water partition coefficient (Wildman–Crippen LogP) is 2.56. The molecule has 1 saturated heterocycles. The zero-order chi connectivity index (χ0) is 13.2. The van der Waals surface area contributed by atoms with Gasteiger partial charge in [0.2, 0.25) is 5.95 Å². The number of halogens is 1. The quantitative estimate of drug-likeness (QED) is 0.893. The minimum atomic E-state index is 0.981. The Morgan fingerprint density at radius 3 is 2.79 bits per heavy atom. The Labute approximate surface area is 121 Å². The molecule has 1 aliphatic rings. The van der Waals surface area contributed by atoms with Gasteiger partial charge in [0.05, 0.1) is 5.69 Å². The van der Waals surface area contributed by atoms with Gasteiger partial charge in [-0.25, -0.2) is 4.98 Å². The summed E-state index contributed by atoms with van der Waals surface area (Å²) in [6.45, 7) is 6.13. The van der Waals surface area contributed by atoms with Crippen LogP contribution in [0.2, 0.25) is 0 Å². The Morgan fingerprint density at radius 2 is 2.05 bits per heavy atom. The maximum atomic E-state index is 4.77. The van der Waals surface area contributed by atoms with Crippen molar-refractivity contribution in [2.75, 3.05) is 31.1 Å². The van der Waals surface area contributed by atoms with E-state index < -0.39 is 0 Å². The standard InChI is InChI=1S/C14H17BrN4/c1-10-13(11-3-2-4-12(15)9-11)18-14(17-10)19-7-5-16-6-8-19/h2-4,9,16H,5-8H2,1H3,(H,17,18). The summed E-state index contributed by atoms with van der Waals surface area (Å²) in [4.78, 5) is 10.5. The molecule has 0 bridgehead atoms. The van der Waals surface area contributed by atoms with Crippen LogP contribution >= 0.6 is 15.9 Å². The van der Waals surface area contributed by atoms with Crippen LogP contribution in [-0.2, 0) is 0 Å². The first kappa shape index (κ1) is 12.7. The highest BCUT2D eigenvalue weighted by Gasteiger charge is 2.16. The maximum Gasteiger partial charge on any atom is 0.203 e. The first-order chi connectivity index (χ1) is 9.24. The third kappa shape index (κ3) is 2.67. The number of rotatable bonds is 2. The number of aryl methyl sites for hydroxylation is 1. The fraction of sp³-hybridized carbons (Fsp3) is 0.357. The largest absolute Gasteiger partial charge is 0.340 e. The van der Waals surface area contributed by atoms with E-state index in [0.29, 0.717) is 0 Å². The van der Waals surface area contributed by atoms with E-state index in [1.54, 1.807) is 0 Å². The minimum Gasteiger partial charge on any atom is -0.340 e. The molecule has 2 N–H and O–H groups in total. The second-order valence-electron chi connectivity index (χ2n) is 4.78. The summed E-state index contributed by atoms with van der Waals surface area (Å²) < 4.78 is 1.08. The normalized spacial score (nSPS) is 15.8. The second kappa shape index (κ2) is 5.35. The number of nitrogens with one attached hydrogen (secondary N) is 2. The molecule has 0 radical (unpaired) electrons. The molecule has 0 atom stereocenters. The molecule has 0 amide bonds. The SMILES string of the molecule is Cc1[nH]c(N2CCNCC2)nc1-c1cccc(Br)c1. The summed E-state index contributed by atoms with van der Waals surface area (Å²) in [5.41, 5.74) is 3.30. The third-order valence-corrected chi connectivity index (χ3v) is 3.88. The molecule has 0 spiro atoms. The van der Waals surface area contributed by atoms with E-state index in [2.05, 4.69) is 50.2 Å². The highest BCUT2D eigenvalue weighted by molar-refractivity contribution is 9.10. The van der Waals surface area contributed by atoms with Crippen LogP contribution in [0.25, 0.3) is 11.3 Å². The first-order valence-electron chi connectivity index (χ1n) is 6.52. The molecule has 3 rings (SSSR count). The van der Waals surface area contributed by atoms with Crippen molar-refractivity contribution >= 4 is 21.9 Å². The molecule has 5 heteroatoms. The average molecular weight is 321 g/mol. The van der Waals surface area contributed by atoms with Crippen LogP contribution in [0.5, 0.6) is 0 Å². The zero-order valence-electron chi connectivity index (χ0n) is 10.9. The Balaban J connectivity index is 1.92. The zero-order valence-corrected chi connectivity index (χ0v) is 12.5. The van der Waals surface area contributed by atoms with Crippen LogP contribution in [0.15, 0.2) is 28.7 Å². The number of nitrogens with zero attached hydrogens (tertiary/aromatic N) is 2. The number of hydrogen-bond acceptors (Lipinski definition) is 3. The number of H-pyrrole nitrogens is 1. The Morgan fingerprint density at radius 1 is 1.26 bits per heavy atom. The molecule has 100 valence electrons. The van der Waals surface area contributed by atoms with E-state index in [1.807, 2.05) is 12.1 Å². The van der Waals surface area contributed by atoms with Gasteiger partial charge in [0, 0.05) is 41.9 Å². The molecule has 4 nitrogen and oxygen atoms in total. The van der Waals surface area contributed by atoms with Gasteiger partial charge < -0.3 is 15.2 Å². The van der Waals surface area contributed by atoms with Crippen LogP contribution in [0.1, 0.15) is 5.69 Å². The van der Waals surface area contributed by atoms with Crippen LogP contribution < -0.4 is 10.2 Å². The number of imidazole rings is 1. The molecule has 1 fully saturated rings. The van der Waals surface area contributed by atoms with Crippen molar-refractivity contribution in [1.82, 2.24) is 15.3 Å². The van der Waals surface area contributed by atoms with Crippen LogP contribution in [0.3, 0.4) is 0 Å². The first-order valence-corrected chi connectivity index (χ1v) is 7.31. The fourth-order valence-electron chi connectivity index (χ4n) is 2.39. The van der Waals surface area contributed by atoms with E-state index in [9.17, 15) is 0 Å². The lowest BCUT2D eigenvalue weighted by Gasteiger charge is -2.26. The predicted molar refractivity (Wildman–Crippen MR) is 81.5 cm³/mol. The van der Waals surface area contributed by atoms with E-state index in [4.69, 9.17) is 4.98 Å². The lowest BCUT2D eigenvalue weighted by atomic mass is 10.1. The van der Waals surface area contributed by atoms with Crippen molar-refractivity contribution < 1.29 is 0 Å². The number of hydrogen-bond donors (Lipinski definition) is 2. The summed E-state index contributed by atoms with van der Waals surface area (Å²) in [7, 11) is 0. The maximum absolute atomic E-state index is 4.77. The minimum absolute atomic E-state index is 0.981. The van der Waals surface area contributed by atoms with E-state index >= 15 is 0 Å². The topological polar surface area (TPSA) is 44.0 Å². The lowest BCUT2D eigenvalue weighted by molar-refractivity contribution is 0.581. The van der Waals surface area contributed by atoms with Crippen LogP contribution in [0.4, 0.5) is 5.95 Å². The molecule has 19 heavy (non-hydrogen) atoms. The highest BCUT2D eigenvalue weighted by Crippen LogP contribution is 2.26. The van der Waals surface area contributed by atoms with Crippen molar-refractivity contribution in [1.29, 1.82) is 0 Å². The number of anilines is 1. The van der Waals surface area contributed by atoms with Gasteiger partial charge in [-0.3, -0.25) is 0 Å². The molecule has 1 aromatic carbocycles. The third-order valence-electron chi connectivity index (χ3n) is 3.39. The number of piperazine rings is 1. The lowest BCUT2D eigenvalue weighted by Crippen LogP contribution is -2.44. The van der Waals surface area contributed by atoms with Crippen molar-refractivity contribution in [3.8, 4) is 11.3 Å². The van der Waals surface area contributed by atoms with Crippen molar-refractivity contribution in [3.05, 3.63) is 34.4 Å². The molecule has 2 heterocycles. The molecule has 1 aliphatic heterocycles. The van der Waals surface area contributed by atoms with Crippen molar-refractivity contribution in [2.24, 2.45) is 0 Å². The van der Waals surface area contributed by atoms with Gasteiger partial charge in [0.25, 0.3) is 0 Å². The van der Waals surface area contributed by atoms with E-state index in [-0.39, 0.29) is 0 Å². The number of aromatic amines is 1. The van der Waals surface area contributed by atoms with Crippen LogP contribution in [-0.4, -0.2) is 36.1 Å². The van der Waals surface area contributed by atoms with Gasteiger partial charge in [-0.05, 0) is 19.1 Å². The summed E-state index contributed by atoms with van der Waals surface area (Å²) in [6, 6.07) is 8.26. The summed E-state index contributed by atoms with van der Waals surface area (Å²) in [5.74, 6) is 0.981. The number of aromatic nitrogens is 2. The summed E-state index contributed by atoms with van der Waals surface area (Å²) in [5, 5.41) is 3.36. The second-order valence-corrected chi connectivity index (χ2v) is 5.70. The van der Waals surface area contributed by atoms with Gasteiger partial charge in [-0.2, -0.15) is 0 Å². The monoisotopic (exact) mass is 320 g/mol. The molecular formula is C14H17BrN4. The Hall–Kier alpha value is -1.33. The summed E-state index contributed by atoms with van der Waals surface area (Å²) >= 11 is 3.51. The van der Waals surface area contributed by atoms with E-state index in [1.165, 1.54) is 0 Å². The molecule has 2 aromatic rings. The van der Waals surface area contributed by atoms with Gasteiger partial charge in [-0.15, -0.1) is 0 Å². The molecule has 1 aromatic heterocycles. The van der Waals surface area contributed by atoms with Crippen LogP contribution in [0, 0.1) is 6.92 Å². The van der Waals surface area contributed by atoms with Crippen molar-refractivity contribution in [3.63, 3.8) is 0 Å². The molecule has 0 unspecified atom stereocenters. The van der Waals surface area contributed by atoms with E-state index in [0.717, 1.165) is 53.6 Å². The molecule has 0 aliphatic carbocycles. The fourth-order valence-corrected chi connectivity index (χ4v) is 2.79. The van der Waals surface area contributed by atoms with Gasteiger partial charge in [-0.1, -0.05) is 28.1 Å². The van der Waals surface area contributed by atoms with Crippen molar-refractivity contribution in [2.45, 2.75) is 6.92 Å². The smallest absolute Gasteiger partial charge is 0.203 e. The average Bonchev–Trinajstić information content (AvgIpc) is 2.82.